The number of hydrogen-bond acceptors (Lipinski definition) is 6. The quantitative estimate of drug-likeness (QED) is 0.138. The number of unbranched alkanes of at least 4 members (excludes halogenated alkanes) is 10. The summed E-state index contributed by atoms with van der Waals surface area (Å²) in [5.74, 6) is -2.78. The zero-order chi connectivity index (χ0) is 27.7. The summed E-state index contributed by atoms with van der Waals surface area (Å²) < 4.78 is 10.7. The van der Waals surface area contributed by atoms with E-state index in [-0.39, 0.29) is 19.3 Å². The van der Waals surface area contributed by atoms with Crippen molar-refractivity contribution >= 4 is 23.9 Å². The number of carbonyl (C=O) groups excluding carboxylic acids is 2. The van der Waals surface area contributed by atoms with Crippen molar-refractivity contribution in [1.82, 2.24) is 0 Å². The molecule has 210 valence electrons. The van der Waals surface area contributed by atoms with Gasteiger partial charge in [-0.05, 0) is 31.4 Å². The highest BCUT2D eigenvalue weighted by molar-refractivity contribution is 6.03. The number of carboxylic acid groups (broad SMARTS) is 2. The van der Waals surface area contributed by atoms with Gasteiger partial charge in [0.25, 0.3) is 0 Å². The smallest absolute Gasteiger partial charge is 0.339 e. The molecule has 0 saturated heterocycles. The van der Waals surface area contributed by atoms with Gasteiger partial charge in [0.1, 0.15) is 0 Å². The molecule has 0 aliphatic carbocycles. The van der Waals surface area contributed by atoms with Crippen molar-refractivity contribution in [2.75, 3.05) is 13.2 Å². The van der Waals surface area contributed by atoms with Gasteiger partial charge in [0.2, 0.25) is 0 Å². The Kier molecular flexibility index (Phi) is 21.7. The molecule has 0 aliphatic rings. The van der Waals surface area contributed by atoms with E-state index in [1.54, 1.807) is 24.3 Å². The minimum Gasteiger partial charge on any atom is -0.481 e. The average Bonchev–Trinajstić information content (AvgIpc) is 2.87. The first-order valence-electron chi connectivity index (χ1n) is 13.7. The van der Waals surface area contributed by atoms with Crippen molar-refractivity contribution in [2.24, 2.45) is 0 Å². The second kappa shape index (κ2) is 23.5. The van der Waals surface area contributed by atoms with E-state index < -0.39 is 23.9 Å². The summed E-state index contributed by atoms with van der Waals surface area (Å²) in [4.78, 5) is 44.3. The van der Waals surface area contributed by atoms with E-state index in [1.807, 2.05) is 0 Å². The number of hydrogen-bond donors (Lipinski definition) is 2. The topological polar surface area (TPSA) is 127 Å². The second-order valence-corrected chi connectivity index (χ2v) is 8.99. The van der Waals surface area contributed by atoms with Crippen LogP contribution in [-0.2, 0) is 19.1 Å². The predicted molar refractivity (Wildman–Crippen MR) is 143 cm³/mol. The molecule has 1 rings (SSSR count). The van der Waals surface area contributed by atoms with Crippen LogP contribution in [-0.4, -0.2) is 47.3 Å². The number of aliphatic carboxylic acids is 2. The van der Waals surface area contributed by atoms with Crippen LogP contribution in [0.2, 0.25) is 0 Å². The van der Waals surface area contributed by atoms with Crippen LogP contribution in [0.4, 0.5) is 0 Å². The van der Waals surface area contributed by atoms with Crippen LogP contribution in [0.5, 0.6) is 0 Å². The van der Waals surface area contributed by atoms with E-state index in [0.717, 1.165) is 25.7 Å². The Labute approximate surface area is 221 Å². The number of benzene rings is 1. The molecule has 0 atom stereocenters. The summed E-state index contributed by atoms with van der Waals surface area (Å²) in [7, 11) is 0. The third-order valence-corrected chi connectivity index (χ3v) is 5.61. The Morgan fingerprint density at radius 1 is 0.568 bits per heavy atom. The molecule has 0 amide bonds. The molecule has 1 aromatic carbocycles. The highest BCUT2D eigenvalue weighted by Gasteiger charge is 2.18. The minimum absolute atomic E-state index is 0.0632. The lowest BCUT2D eigenvalue weighted by atomic mass is 10.1. The highest BCUT2D eigenvalue weighted by Crippen LogP contribution is 2.14. The second-order valence-electron chi connectivity index (χ2n) is 8.99. The summed E-state index contributed by atoms with van der Waals surface area (Å²) in [6.07, 6.45) is 13.7. The third kappa shape index (κ3) is 19.9. The summed E-state index contributed by atoms with van der Waals surface area (Å²) in [5.41, 5.74) is 0.586. The van der Waals surface area contributed by atoms with E-state index in [2.05, 4.69) is 13.8 Å². The fourth-order valence-corrected chi connectivity index (χ4v) is 3.48. The lowest BCUT2D eigenvalue weighted by Gasteiger charge is -2.10. The zero-order valence-corrected chi connectivity index (χ0v) is 22.7. The highest BCUT2D eigenvalue weighted by atomic mass is 16.5. The summed E-state index contributed by atoms with van der Waals surface area (Å²) >= 11 is 0. The largest absolute Gasteiger partial charge is 0.481 e. The lowest BCUT2D eigenvalue weighted by molar-refractivity contribution is -0.138. The van der Waals surface area contributed by atoms with Gasteiger partial charge in [-0.25, -0.2) is 9.59 Å². The molecular weight excluding hydrogens is 476 g/mol. The first kappa shape index (κ1) is 34.1. The van der Waals surface area contributed by atoms with Gasteiger partial charge in [-0.15, -0.1) is 0 Å². The number of carbonyl (C=O) groups is 4. The van der Waals surface area contributed by atoms with E-state index >= 15 is 0 Å². The number of rotatable bonds is 20. The molecule has 0 aliphatic heterocycles. The molecule has 0 bridgehead atoms. The summed E-state index contributed by atoms with van der Waals surface area (Å²) in [6.45, 7) is 5.17. The number of ether oxygens (including phenoxy) is 2. The molecule has 0 fully saturated rings. The fourth-order valence-electron chi connectivity index (χ4n) is 3.48. The van der Waals surface area contributed by atoms with E-state index in [9.17, 15) is 19.2 Å². The van der Waals surface area contributed by atoms with Gasteiger partial charge in [0.15, 0.2) is 0 Å². The molecule has 1 aromatic rings. The molecule has 0 saturated carbocycles. The number of esters is 2. The maximum absolute atomic E-state index is 12.4. The molecular formula is C29H46O8. The van der Waals surface area contributed by atoms with Gasteiger partial charge < -0.3 is 19.7 Å². The average molecular weight is 523 g/mol. The fraction of sp³-hybridized carbons (Fsp3) is 0.655. The van der Waals surface area contributed by atoms with Crippen molar-refractivity contribution in [1.29, 1.82) is 0 Å². The first-order chi connectivity index (χ1) is 17.8. The Hall–Kier alpha value is -2.90. The monoisotopic (exact) mass is 522 g/mol. The molecule has 0 unspecified atom stereocenters. The Morgan fingerprint density at radius 2 is 0.919 bits per heavy atom. The van der Waals surface area contributed by atoms with Crippen molar-refractivity contribution in [3.05, 3.63) is 35.4 Å². The molecule has 2 N–H and O–H groups in total. The van der Waals surface area contributed by atoms with Gasteiger partial charge in [0, 0.05) is 12.8 Å². The van der Waals surface area contributed by atoms with E-state index in [4.69, 9.17) is 19.7 Å². The maximum Gasteiger partial charge on any atom is 0.339 e. The van der Waals surface area contributed by atoms with Crippen LogP contribution in [0.25, 0.3) is 0 Å². The number of carboxylic acids is 2. The molecule has 37 heavy (non-hydrogen) atoms. The van der Waals surface area contributed by atoms with Crippen molar-refractivity contribution in [3.8, 4) is 0 Å². The molecule has 0 spiro atoms. The van der Waals surface area contributed by atoms with Crippen LogP contribution in [0.3, 0.4) is 0 Å². The van der Waals surface area contributed by atoms with Crippen LogP contribution < -0.4 is 0 Å². The van der Waals surface area contributed by atoms with Gasteiger partial charge in [-0.2, -0.15) is 0 Å². The summed E-state index contributed by atoms with van der Waals surface area (Å²) in [6, 6.07) is 6.74. The SMILES string of the molecule is CCCCCCCCOC(=O)c1ccccc1C(=O)OCCCCCCCC.O=C(O)CCCC(=O)O. The van der Waals surface area contributed by atoms with Crippen molar-refractivity contribution in [3.63, 3.8) is 0 Å². The Bertz CT molecular complexity index is 712. The third-order valence-electron chi connectivity index (χ3n) is 5.61. The first-order valence-corrected chi connectivity index (χ1v) is 13.7. The minimum atomic E-state index is -0.948. The molecule has 0 heterocycles. The predicted octanol–water partition coefficient (Wildman–Crippen LogP) is 7.05. The van der Waals surface area contributed by atoms with Gasteiger partial charge in [-0.1, -0.05) is 90.2 Å². The normalized spacial score (nSPS) is 10.2. The van der Waals surface area contributed by atoms with Gasteiger partial charge in [-0.3, -0.25) is 9.59 Å². The van der Waals surface area contributed by atoms with Crippen LogP contribution in [0.15, 0.2) is 24.3 Å². The Morgan fingerprint density at radius 3 is 1.27 bits per heavy atom. The van der Waals surface area contributed by atoms with Crippen LogP contribution in [0.1, 0.15) is 131 Å². The van der Waals surface area contributed by atoms with Crippen LogP contribution in [0, 0.1) is 0 Å². The van der Waals surface area contributed by atoms with Gasteiger partial charge in [0.05, 0.1) is 24.3 Å². The Balaban J connectivity index is 0.00000122. The standard InChI is InChI=1S/C24H38O4.C5H8O4/c1-3-5-7-9-11-15-19-27-23(25)21-17-13-14-18-22(21)24(26)28-20-16-12-10-8-6-4-2;6-4(7)2-1-3-5(8)9/h13-14,17-18H,3-12,15-16,19-20H2,1-2H3;1-3H2,(H,6,7)(H,8,9). The van der Waals surface area contributed by atoms with Crippen molar-refractivity contribution < 1.29 is 38.9 Å². The molecule has 0 radical (unpaired) electrons. The maximum atomic E-state index is 12.4. The lowest BCUT2D eigenvalue weighted by Crippen LogP contribution is -2.15. The van der Waals surface area contributed by atoms with Gasteiger partial charge >= 0.3 is 23.9 Å². The molecule has 8 nitrogen and oxygen atoms in total. The molecule has 0 aromatic heterocycles. The summed E-state index contributed by atoms with van der Waals surface area (Å²) in [5, 5.41) is 16.1. The van der Waals surface area contributed by atoms with E-state index in [0.29, 0.717) is 24.3 Å². The van der Waals surface area contributed by atoms with Crippen LogP contribution >= 0.6 is 0 Å². The molecule has 8 heteroatoms. The van der Waals surface area contributed by atoms with E-state index in [1.165, 1.54) is 51.4 Å². The zero-order valence-electron chi connectivity index (χ0n) is 22.7. The van der Waals surface area contributed by atoms with Crippen molar-refractivity contribution in [2.45, 2.75) is 110 Å².